The Morgan fingerprint density at radius 1 is 1.06 bits per heavy atom. The number of carbonyl (C=O) groups excluding carboxylic acids is 2. The number of amides is 2. The van der Waals surface area contributed by atoms with Gasteiger partial charge in [0.25, 0.3) is 0 Å². The van der Waals surface area contributed by atoms with E-state index >= 15 is 0 Å². The van der Waals surface area contributed by atoms with Gasteiger partial charge in [-0.2, -0.15) is 0 Å². The lowest BCUT2D eigenvalue weighted by Gasteiger charge is -2.30. The van der Waals surface area contributed by atoms with Crippen LogP contribution in [0.3, 0.4) is 0 Å². The van der Waals surface area contributed by atoms with Gasteiger partial charge in [0.15, 0.2) is 0 Å². The maximum atomic E-state index is 13.4. The van der Waals surface area contributed by atoms with Gasteiger partial charge in [-0.15, -0.1) is 0 Å². The molecule has 8 nitrogen and oxygen atoms in total. The molecule has 0 heterocycles. The van der Waals surface area contributed by atoms with Crippen molar-refractivity contribution < 1.29 is 27.1 Å². The second-order valence-electron chi connectivity index (χ2n) is 8.78. The fourth-order valence-corrected chi connectivity index (χ4v) is 4.55. The van der Waals surface area contributed by atoms with Crippen LogP contribution < -0.4 is 14.4 Å². The first-order chi connectivity index (χ1) is 17.0. The van der Waals surface area contributed by atoms with Gasteiger partial charge in [-0.05, 0) is 68.7 Å². The SMILES string of the molecule is CC[C@H](C)NC(=O)[C@@H](C)N(Cc1ccc(F)cc1)C(=O)CCCN(c1ccc(OC)cc1)S(C)(=O)=O. The minimum absolute atomic E-state index is 0.0321. The Hall–Kier alpha value is -3.14. The van der Waals surface area contributed by atoms with Crippen molar-refractivity contribution in [3.8, 4) is 5.75 Å². The summed E-state index contributed by atoms with van der Waals surface area (Å²) in [5.41, 5.74) is 1.15. The molecule has 0 bridgehead atoms. The van der Waals surface area contributed by atoms with Crippen molar-refractivity contribution in [2.75, 3.05) is 24.2 Å². The molecule has 2 aromatic carbocycles. The number of ether oxygens (including phenoxy) is 1. The summed E-state index contributed by atoms with van der Waals surface area (Å²) in [5, 5.41) is 2.89. The summed E-state index contributed by atoms with van der Waals surface area (Å²) in [6.07, 6.45) is 2.14. The summed E-state index contributed by atoms with van der Waals surface area (Å²) < 4.78 is 44.6. The Bertz CT molecular complexity index is 1110. The quantitative estimate of drug-likeness (QED) is 0.434. The van der Waals surface area contributed by atoms with E-state index in [1.165, 1.54) is 28.4 Å². The van der Waals surface area contributed by atoms with E-state index in [0.29, 0.717) is 17.0 Å². The molecule has 0 saturated carbocycles. The molecule has 0 aliphatic rings. The van der Waals surface area contributed by atoms with Gasteiger partial charge in [0.2, 0.25) is 21.8 Å². The number of nitrogens with one attached hydrogen (secondary N) is 1. The summed E-state index contributed by atoms with van der Waals surface area (Å²) in [4.78, 5) is 27.5. The van der Waals surface area contributed by atoms with Crippen molar-refractivity contribution in [2.24, 2.45) is 0 Å². The first-order valence-electron chi connectivity index (χ1n) is 11.9. The average molecular weight is 522 g/mol. The van der Waals surface area contributed by atoms with Crippen LogP contribution in [-0.4, -0.2) is 57.1 Å². The van der Waals surface area contributed by atoms with E-state index < -0.39 is 21.9 Å². The Morgan fingerprint density at radius 3 is 2.19 bits per heavy atom. The van der Waals surface area contributed by atoms with E-state index in [2.05, 4.69) is 5.32 Å². The highest BCUT2D eigenvalue weighted by atomic mass is 32.2. The minimum atomic E-state index is -3.59. The fourth-order valence-electron chi connectivity index (χ4n) is 3.59. The minimum Gasteiger partial charge on any atom is -0.497 e. The van der Waals surface area contributed by atoms with E-state index in [-0.39, 0.29) is 43.8 Å². The van der Waals surface area contributed by atoms with E-state index in [9.17, 15) is 22.4 Å². The molecule has 0 aliphatic carbocycles. The van der Waals surface area contributed by atoms with Gasteiger partial charge in [-0.25, -0.2) is 12.8 Å². The van der Waals surface area contributed by atoms with Crippen LogP contribution in [0, 0.1) is 5.82 Å². The van der Waals surface area contributed by atoms with Crippen molar-refractivity contribution in [3.05, 3.63) is 59.9 Å². The lowest BCUT2D eigenvalue weighted by Crippen LogP contribution is -2.49. The average Bonchev–Trinajstić information content (AvgIpc) is 2.85. The maximum Gasteiger partial charge on any atom is 0.242 e. The van der Waals surface area contributed by atoms with Crippen LogP contribution in [-0.2, 0) is 26.2 Å². The molecule has 198 valence electrons. The Labute approximate surface area is 213 Å². The lowest BCUT2D eigenvalue weighted by molar-refractivity contribution is -0.140. The number of nitrogens with zero attached hydrogens (tertiary/aromatic N) is 2. The number of hydrogen-bond acceptors (Lipinski definition) is 5. The number of halogens is 1. The molecule has 10 heteroatoms. The number of benzene rings is 2. The number of carbonyl (C=O) groups is 2. The second-order valence-corrected chi connectivity index (χ2v) is 10.7. The van der Waals surface area contributed by atoms with Crippen LogP contribution in [0.5, 0.6) is 5.75 Å². The second kappa shape index (κ2) is 13.2. The van der Waals surface area contributed by atoms with Crippen LogP contribution in [0.25, 0.3) is 0 Å². The Morgan fingerprint density at radius 2 is 1.67 bits per heavy atom. The molecule has 0 spiro atoms. The van der Waals surface area contributed by atoms with Crippen molar-refractivity contribution in [1.29, 1.82) is 0 Å². The van der Waals surface area contributed by atoms with Gasteiger partial charge < -0.3 is 15.0 Å². The Balaban J connectivity index is 2.16. The molecular formula is C26H36FN3O5S. The molecule has 2 aromatic rings. The highest BCUT2D eigenvalue weighted by molar-refractivity contribution is 7.92. The smallest absolute Gasteiger partial charge is 0.242 e. The van der Waals surface area contributed by atoms with Gasteiger partial charge in [0.05, 0.1) is 19.1 Å². The van der Waals surface area contributed by atoms with Gasteiger partial charge >= 0.3 is 0 Å². The topological polar surface area (TPSA) is 96.0 Å². The van der Waals surface area contributed by atoms with E-state index in [1.807, 2.05) is 13.8 Å². The summed E-state index contributed by atoms with van der Waals surface area (Å²) in [7, 11) is -2.06. The maximum absolute atomic E-state index is 13.4. The number of anilines is 1. The number of hydrogen-bond donors (Lipinski definition) is 1. The van der Waals surface area contributed by atoms with Crippen LogP contribution >= 0.6 is 0 Å². The van der Waals surface area contributed by atoms with Crippen molar-refractivity contribution in [3.63, 3.8) is 0 Å². The third-order valence-corrected chi connectivity index (χ3v) is 7.14. The summed E-state index contributed by atoms with van der Waals surface area (Å²) in [5.74, 6) is -0.368. The number of methoxy groups -OCH3 is 1. The zero-order chi connectivity index (χ0) is 26.9. The van der Waals surface area contributed by atoms with E-state index in [1.54, 1.807) is 43.3 Å². The summed E-state index contributed by atoms with van der Waals surface area (Å²) >= 11 is 0. The molecular weight excluding hydrogens is 485 g/mol. The molecule has 2 amide bonds. The van der Waals surface area contributed by atoms with Crippen LogP contribution in [0.15, 0.2) is 48.5 Å². The molecule has 0 aromatic heterocycles. The first-order valence-corrected chi connectivity index (χ1v) is 13.8. The molecule has 0 unspecified atom stereocenters. The van der Waals surface area contributed by atoms with Crippen molar-refractivity contribution in [1.82, 2.24) is 10.2 Å². The Kier molecular flexibility index (Phi) is 10.7. The van der Waals surface area contributed by atoms with Crippen LogP contribution in [0.1, 0.15) is 45.6 Å². The number of rotatable bonds is 13. The van der Waals surface area contributed by atoms with E-state index in [0.717, 1.165) is 12.7 Å². The van der Waals surface area contributed by atoms with Gasteiger partial charge in [-0.1, -0.05) is 19.1 Å². The van der Waals surface area contributed by atoms with Crippen LogP contribution in [0.2, 0.25) is 0 Å². The molecule has 0 aliphatic heterocycles. The zero-order valence-electron chi connectivity index (χ0n) is 21.5. The van der Waals surface area contributed by atoms with Crippen LogP contribution in [0.4, 0.5) is 10.1 Å². The fraction of sp³-hybridized carbons (Fsp3) is 0.462. The van der Waals surface area contributed by atoms with Gasteiger partial charge in [-0.3, -0.25) is 13.9 Å². The molecule has 1 N–H and O–H groups in total. The zero-order valence-corrected chi connectivity index (χ0v) is 22.3. The molecule has 0 radical (unpaired) electrons. The predicted octanol–water partition coefficient (Wildman–Crippen LogP) is 3.71. The molecule has 0 fully saturated rings. The van der Waals surface area contributed by atoms with E-state index in [4.69, 9.17) is 4.74 Å². The third-order valence-electron chi connectivity index (χ3n) is 5.95. The number of sulfonamides is 1. The lowest BCUT2D eigenvalue weighted by atomic mass is 10.1. The molecule has 2 atom stereocenters. The normalized spacial score (nSPS) is 12.9. The highest BCUT2D eigenvalue weighted by Gasteiger charge is 2.27. The summed E-state index contributed by atoms with van der Waals surface area (Å²) in [6, 6.07) is 11.6. The van der Waals surface area contributed by atoms with Crippen molar-refractivity contribution >= 4 is 27.5 Å². The summed E-state index contributed by atoms with van der Waals surface area (Å²) in [6.45, 7) is 5.71. The monoisotopic (exact) mass is 521 g/mol. The van der Waals surface area contributed by atoms with Gasteiger partial charge in [0, 0.05) is 25.6 Å². The predicted molar refractivity (Wildman–Crippen MR) is 139 cm³/mol. The molecule has 0 saturated heterocycles. The largest absolute Gasteiger partial charge is 0.497 e. The van der Waals surface area contributed by atoms with Crippen molar-refractivity contribution in [2.45, 2.75) is 58.7 Å². The van der Waals surface area contributed by atoms with Gasteiger partial charge in [0.1, 0.15) is 17.6 Å². The standard InChI is InChI=1S/C26H36FN3O5S/c1-6-19(2)28-26(32)20(3)29(18-21-9-11-22(27)12-10-21)25(31)8-7-17-30(36(5,33)34)23-13-15-24(35-4)16-14-23/h9-16,19-20H,6-8,17-18H2,1-5H3,(H,28,32)/t19-,20+/m0/s1. The third kappa shape index (κ3) is 8.51. The molecule has 2 rings (SSSR count). The first kappa shape index (κ1) is 29.1. The highest BCUT2D eigenvalue weighted by Crippen LogP contribution is 2.22. The molecule has 36 heavy (non-hydrogen) atoms.